The smallest absolute Gasteiger partial charge is 0.127 e. The summed E-state index contributed by atoms with van der Waals surface area (Å²) >= 11 is 3.49. The third kappa shape index (κ3) is 1.64. The van der Waals surface area contributed by atoms with Crippen LogP contribution in [0.4, 0.5) is 0 Å². The largest absolute Gasteiger partial charge is 0.379 e. The molecule has 84 valence electrons. The molecule has 0 N–H and O–H groups in total. The van der Waals surface area contributed by atoms with Crippen molar-refractivity contribution in [3.8, 4) is 0 Å². The lowest BCUT2D eigenvalue weighted by molar-refractivity contribution is 0.0558. The minimum atomic E-state index is 0.327. The van der Waals surface area contributed by atoms with Crippen molar-refractivity contribution in [2.45, 2.75) is 18.9 Å². The molecule has 0 spiro atoms. The summed E-state index contributed by atoms with van der Waals surface area (Å²) in [4.78, 5) is 0. The van der Waals surface area contributed by atoms with Crippen LogP contribution < -0.4 is 0 Å². The van der Waals surface area contributed by atoms with Gasteiger partial charge < -0.3 is 4.74 Å². The number of fused-ring (bicyclic) bond motifs is 1. The van der Waals surface area contributed by atoms with Gasteiger partial charge in [0.05, 0.1) is 18.2 Å². The predicted octanol–water partition coefficient (Wildman–Crippen LogP) is 2.55. The molecule has 1 aromatic heterocycles. The molecule has 0 radical (unpaired) electrons. The predicted molar refractivity (Wildman–Crippen MR) is 64.3 cm³/mol. The third-order valence-electron chi connectivity index (χ3n) is 2.94. The van der Waals surface area contributed by atoms with Crippen molar-refractivity contribution in [2.24, 2.45) is 0 Å². The van der Waals surface area contributed by atoms with Crippen molar-refractivity contribution >= 4 is 27.0 Å². The summed E-state index contributed by atoms with van der Waals surface area (Å²) in [5.41, 5.74) is 2.00. The van der Waals surface area contributed by atoms with E-state index < -0.39 is 0 Å². The first-order valence-electron chi connectivity index (χ1n) is 5.43. The number of aromatic nitrogens is 3. The van der Waals surface area contributed by atoms with E-state index in [4.69, 9.17) is 4.74 Å². The number of nitrogens with zero attached hydrogens (tertiary/aromatic N) is 3. The Kier molecular flexibility index (Phi) is 2.65. The first kappa shape index (κ1) is 10.2. The van der Waals surface area contributed by atoms with Crippen LogP contribution in [0.2, 0.25) is 0 Å². The standard InChI is InChI=1S/C11H12BrN3O/c12-9-4-1-5-10-11(9)13-14-15(10)8-3-2-6-16-7-8/h1,4-5,8H,2-3,6-7H2. The van der Waals surface area contributed by atoms with Gasteiger partial charge in [0.25, 0.3) is 0 Å². The molecule has 0 amide bonds. The maximum atomic E-state index is 5.48. The van der Waals surface area contributed by atoms with Gasteiger partial charge in [-0.25, -0.2) is 4.68 Å². The lowest BCUT2D eigenvalue weighted by atomic mass is 10.1. The second kappa shape index (κ2) is 4.14. The second-order valence-corrected chi connectivity index (χ2v) is 4.87. The van der Waals surface area contributed by atoms with E-state index in [1.807, 2.05) is 16.8 Å². The Balaban J connectivity index is 2.06. The molecule has 1 unspecified atom stereocenters. The molecular weight excluding hydrogens is 270 g/mol. The van der Waals surface area contributed by atoms with Crippen LogP contribution in [0.25, 0.3) is 11.0 Å². The highest BCUT2D eigenvalue weighted by atomic mass is 79.9. The number of hydrogen-bond donors (Lipinski definition) is 0. The van der Waals surface area contributed by atoms with Gasteiger partial charge in [-0.3, -0.25) is 0 Å². The van der Waals surface area contributed by atoms with Crippen LogP contribution in [0.15, 0.2) is 22.7 Å². The summed E-state index contributed by atoms with van der Waals surface area (Å²) in [6.07, 6.45) is 2.21. The topological polar surface area (TPSA) is 39.9 Å². The molecule has 3 rings (SSSR count). The van der Waals surface area contributed by atoms with E-state index in [0.717, 1.165) is 41.6 Å². The molecule has 0 bridgehead atoms. The Hall–Kier alpha value is -0.940. The minimum absolute atomic E-state index is 0.327. The molecule has 1 fully saturated rings. The van der Waals surface area contributed by atoms with Gasteiger partial charge in [-0.05, 0) is 40.9 Å². The summed E-state index contributed by atoms with van der Waals surface area (Å²) in [7, 11) is 0. The minimum Gasteiger partial charge on any atom is -0.379 e. The van der Waals surface area contributed by atoms with Crippen LogP contribution in [0.3, 0.4) is 0 Å². The average Bonchev–Trinajstić information content (AvgIpc) is 2.75. The van der Waals surface area contributed by atoms with Gasteiger partial charge in [0, 0.05) is 11.1 Å². The highest BCUT2D eigenvalue weighted by molar-refractivity contribution is 9.10. The molecule has 1 aromatic carbocycles. The van der Waals surface area contributed by atoms with Crippen LogP contribution in [-0.4, -0.2) is 28.2 Å². The molecular formula is C11H12BrN3O. The maximum absolute atomic E-state index is 5.48. The zero-order chi connectivity index (χ0) is 11.0. The molecule has 1 atom stereocenters. The van der Waals surface area contributed by atoms with Crippen LogP contribution in [0.1, 0.15) is 18.9 Å². The lowest BCUT2D eigenvalue weighted by Gasteiger charge is -2.22. The van der Waals surface area contributed by atoms with Crippen molar-refractivity contribution < 1.29 is 4.74 Å². The van der Waals surface area contributed by atoms with Crippen LogP contribution in [0.5, 0.6) is 0 Å². The maximum Gasteiger partial charge on any atom is 0.127 e. The summed E-state index contributed by atoms with van der Waals surface area (Å²) in [5, 5.41) is 8.44. The average molecular weight is 282 g/mol. The van der Waals surface area contributed by atoms with E-state index >= 15 is 0 Å². The van der Waals surface area contributed by atoms with E-state index in [2.05, 4.69) is 32.3 Å². The van der Waals surface area contributed by atoms with Gasteiger partial charge in [-0.2, -0.15) is 0 Å². The van der Waals surface area contributed by atoms with Gasteiger partial charge in [0.1, 0.15) is 5.52 Å². The molecule has 5 heteroatoms. The molecule has 0 aliphatic carbocycles. The number of halogens is 1. The zero-order valence-corrected chi connectivity index (χ0v) is 10.4. The zero-order valence-electron chi connectivity index (χ0n) is 8.77. The molecule has 2 aromatic rings. The van der Waals surface area contributed by atoms with Gasteiger partial charge in [-0.15, -0.1) is 5.10 Å². The van der Waals surface area contributed by atoms with Gasteiger partial charge in [-0.1, -0.05) is 11.3 Å². The first-order chi connectivity index (χ1) is 7.86. The second-order valence-electron chi connectivity index (χ2n) is 4.01. The molecule has 16 heavy (non-hydrogen) atoms. The van der Waals surface area contributed by atoms with E-state index in [1.165, 1.54) is 0 Å². The Labute approximate surface area is 102 Å². The van der Waals surface area contributed by atoms with E-state index in [9.17, 15) is 0 Å². The van der Waals surface area contributed by atoms with Crippen LogP contribution in [-0.2, 0) is 4.74 Å². The van der Waals surface area contributed by atoms with Crippen LogP contribution >= 0.6 is 15.9 Å². The number of rotatable bonds is 1. The quantitative estimate of drug-likeness (QED) is 0.807. The third-order valence-corrected chi connectivity index (χ3v) is 3.58. The summed E-state index contributed by atoms with van der Waals surface area (Å²) < 4.78 is 8.46. The Morgan fingerprint density at radius 1 is 1.44 bits per heavy atom. The van der Waals surface area contributed by atoms with Crippen molar-refractivity contribution in [2.75, 3.05) is 13.2 Å². The lowest BCUT2D eigenvalue weighted by Crippen LogP contribution is -2.22. The van der Waals surface area contributed by atoms with Gasteiger partial charge in [0.15, 0.2) is 0 Å². The summed E-state index contributed by atoms with van der Waals surface area (Å²) in [5.74, 6) is 0. The normalized spacial score (nSPS) is 21.4. The van der Waals surface area contributed by atoms with Crippen molar-refractivity contribution in [1.29, 1.82) is 0 Å². The Bertz CT molecular complexity index is 505. The van der Waals surface area contributed by atoms with E-state index in [1.54, 1.807) is 0 Å². The molecule has 2 heterocycles. The first-order valence-corrected chi connectivity index (χ1v) is 6.23. The summed E-state index contributed by atoms with van der Waals surface area (Å²) in [6.45, 7) is 1.61. The molecule has 1 aliphatic rings. The highest BCUT2D eigenvalue weighted by Crippen LogP contribution is 2.26. The van der Waals surface area contributed by atoms with Crippen molar-refractivity contribution in [3.05, 3.63) is 22.7 Å². The Morgan fingerprint density at radius 2 is 2.38 bits per heavy atom. The van der Waals surface area contributed by atoms with E-state index in [0.29, 0.717) is 6.04 Å². The fourth-order valence-electron chi connectivity index (χ4n) is 2.12. The number of benzene rings is 1. The fraction of sp³-hybridized carbons (Fsp3) is 0.455. The number of ether oxygens (including phenoxy) is 1. The molecule has 1 saturated heterocycles. The van der Waals surface area contributed by atoms with Crippen LogP contribution in [0, 0.1) is 0 Å². The highest BCUT2D eigenvalue weighted by Gasteiger charge is 2.19. The van der Waals surface area contributed by atoms with E-state index in [-0.39, 0.29) is 0 Å². The van der Waals surface area contributed by atoms with Crippen molar-refractivity contribution in [3.63, 3.8) is 0 Å². The molecule has 1 aliphatic heterocycles. The number of hydrogen-bond acceptors (Lipinski definition) is 3. The van der Waals surface area contributed by atoms with Crippen molar-refractivity contribution in [1.82, 2.24) is 15.0 Å². The fourth-order valence-corrected chi connectivity index (χ4v) is 2.55. The SMILES string of the molecule is Brc1cccc2c1nnn2C1CCCOC1. The Morgan fingerprint density at radius 3 is 3.19 bits per heavy atom. The molecule has 0 saturated carbocycles. The van der Waals surface area contributed by atoms with Gasteiger partial charge >= 0.3 is 0 Å². The van der Waals surface area contributed by atoms with Gasteiger partial charge in [0.2, 0.25) is 0 Å². The summed E-state index contributed by atoms with van der Waals surface area (Å²) in [6, 6.07) is 6.37. The molecule has 4 nitrogen and oxygen atoms in total. The monoisotopic (exact) mass is 281 g/mol.